The largest absolute Gasteiger partial charge is 0.328 e. The van der Waals surface area contributed by atoms with Crippen molar-refractivity contribution in [1.29, 1.82) is 0 Å². The van der Waals surface area contributed by atoms with Crippen LogP contribution in [0.25, 0.3) is 0 Å². The molecule has 1 rings (SSSR count). The van der Waals surface area contributed by atoms with Gasteiger partial charge in [0.05, 0.1) is 26.4 Å². The van der Waals surface area contributed by atoms with Gasteiger partial charge in [0.25, 0.3) is 0 Å². The van der Waals surface area contributed by atoms with E-state index in [9.17, 15) is 0 Å². The van der Waals surface area contributed by atoms with E-state index >= 15 is 0 Å². The minimum absolute atomic E-state index is 0.566. The highest BCUT2D eigenvalue weighted by Crippen LogP contribution is 2.44. The molecule has 0 spiro atoms. The van der Waals surface area contributed by atoms with E-state index in [4.69, 9.17) is 41.7 Å². The van der Waals surface area contributed by atoms with Crippen molar-refractivity contribution in [2.75, 3.05) is 80.0 Å². The van der Waals surface area contributed by atoms with E-state index in [-0.39, 0.29) is 0 Å². The van der Waals surface area contributed by atoms with Crippen molar-refractivity contribution in [3.63, 3.8) is 0 Å². The topological polar surface area (TPSA) is 43.4 Å². The number of likely N-dealkylation sites (N-methyl/N-ethyl adjacent to an activating group) is 2. The lowest BCUT2D eigenvalue weighted by Crippen LogP contribution is -2.28. The first-order chi connectivity index (χ1) is 10.2. The van der Waals surface area contributed by atoms with Gasteiger partial charge in [0.1, 0.15) is 0 Å². The minimum atomic E-state index is -2.15. The predicted octanol–water partition coefficient (Wildman–Crippen LogP) is 1.81. The van der Waals surface area contributed by atoms with Gasteiger partial charge in [-0.1, -0.05) is 0 Å². The van der Waals surface area contributed by atoms with Gasteiger partial charge in [-0.05, 0) is 37.7 Å². The summed E-state index contributed by atoms with van der Waals surface area (Å²) >= 11 is 10.8. The second-order valence-electron chi connectivity index (χ2n) is 5.48. The highest BCUT2D eigenvalue weighted by Gasteiger charge is 2.15. The maximum Gasteiger partial charge on any atom is 0.185 e. The summed E-state index contributed by atoms with van der Waals surface area (Å²) in [4.78, 5) is 4.26. The molecule has 22 heavy (non-hydrogen) atoms. The van der Waals surface area contributed by atoms with Crippen LogP contribution >= 0.6 is 13.0 Å². The van der Waals surface area contributed by atoms with Crippen molar-refractivity contribution in [3.05, 3.63) is 0 Å². The summed E-state index contributed by atoms with van der Waals surface area (Å²) in [5.41, 5.74) is 0. The zero-order valence-corrected chi connectivity index (χ0v) is 17.3. The van der Waals surface area contributed by atoms with E-state index in [1.807, 2.05) is 27.4 Å². The van der Waals surface area contributed by atoms with Crippen LogP contribution in [0.3, 0.4) is 0 Å². The summed E-state index contributed by atoms with van der Waals surface area (Å²) in [7, 11) is 4.04. The molecule has 0 radical (unpaired) electrons. The van der Waals surface area contributed by atoms with Crippen LogP contribution in [0.4, 0.5) is 0 Å². The Morgan fingerprint density at radius 1 is 0.636 bits per heavy atom. The van der Waals surface area contributed by atoms with E-state index in [0.717, 1.165) is 26.2 Å². The van der Waals surface area contributed by atoms with Crippen molar-refractivity contribution >= 4 is 36.6 Å². The van der Waals surface area contributed by atoms with Crippen LogP contribution in [0.2, 0.25) is 0 Å². The van der Waals surface area contributed by atoms with E-state index in [0.29, 0.717) is 26.4 Å². The molecule has 0 amide bonds. The van der Waals surface area contributed by atoms with Crippen molar-refractivity contribution in [2.45, 2.75) is 0 Å². The first-order valence-electron chi connectivity index (χ1n) is 7.30. The number of hydrogen-bond donors (Lipinski definition) is 0. The summed E-state index contributed by atoms with van der Waals surface area (Å²) in [6.45, 7) is 4.86. The first kappa shape index (κ1) is 21.1. The molecule has 0 aliphatic carbocycles. The fourth-order valence-electron chi connectivity index (χ4n) is 1.75. The highest BCUT2D eigenvalue weighted by molar-refractivity contribution is 8.09. The van der Waals surface area contributed by atoms with Crippen molar-refractivity contribution < 1.29 is 18.1 Å². The molecule has 1 saturated heterocycles. The quantitative estimate of drug-likeness (QED) is 0.581. The number of hydrogen-bond acceptors (Lipinski definition) is 8. The Bertz CT molecular complexity index is 362. The second kappa shape index (κ2) is 10.1. The molecule has 6 nitrogen and oxygen atoms in total. The summed E-state index contributed by atoms with van der Waals surface area (Å²) < 4.78 is 23.0. The predicted molar refractivity (Wildman–Crippen MR) is 99.2 cm³/mol. The fraction of sp³-hybridized carbons (Fsp3) is 1.00. The molecular formula is C12H28N2O4P2S2. The van der Waals surface area contributed by atoms with Gasteiger partial charge in [0.15, 0.2) is 13.0 Å². The van der Waals surface area contributed by atoms with Gasteiger partial charge in [-0.15, -0.1) is 0 Å². The van der Waals surface area contributed by atoms with Gasteiger partial charge < -0.3 is 27.9 Å². The Balaban J connectivity index is 2.55. The third kappa shape index (κ3) is 10.0. The summed E-state index contributed by atoms with van der Waals surface area (Å²) in [6, 6.07) is 0. The third-order valence-corrected chi connectivity index (χ3v) is 7.07. The Labute approximate surface area is 144 Å². The first-order valence-corrected chi connectivity index (χ1v) is 13.5. The number of nitrogens with zero attached hydrogens (tertiary/aromatic N) is 2. The Hall–Kier alpha value is 1.06. The van der Waals surface area contributed by atoms with Crippen molar-refractivity contribution in [2.24, 2.45) is 0 Å². The van der Waals surface area contributed by atoms with Gasteiger partial charge >= 0.3 is 0 Å². The molecule has 1 aliphatic rings. The molecule has 0 bridgehead atoms. The molecule has 0 N–H and O–H groups in total. The summed E-state index contributed by atoms with van der Waals surface area (Å²) in [6.07, 6.45) is 0. The van der Waals surface area contributed by atoms with Gasteiger partial charge in [0, 0.05) is 39.5 Å². The monoisotopic (exact) mass is 390 g/mol. The van der Waals surface area contributed by atoms with Gasteiger partial charge in [-0.2, -0.15) is 0 Å². The average Bonchev–Trinajstić information content (AvgIpc) is 2.36. The standard InChI is InChI=1S/C12H28N2O4P2S2/c1-13-5-9-15-19(3,21)17-11-7-14(2)8-12-18-20(4,22)16-10-6-13/h5-12H2,1-4H3. The lowest BCUT2D eigenvalue weighted by molar-refractivity contribution is 0.160. The molecule has 1 heterocycles. The lowest BCUT2D eigenvalue weighted by atomic mass is 10.5. The van der Waals surface area contributed by atoms with Crippen LogP contribution in [0.1, 0.15) is 0 Å². The average molecular weight is 390 g/mol. The van der Waals surface area contributed by atoms with Crippen LogP contribution in [0.15, 0.2) is 0 Å². The van der Waals surface area contributed by atoms with Crippen molar-refractivity contribution in [1.82, 2.24) is 9.80 Å². The molecule has 0 aromatic rings. The molecular weight excluding hydrogens is 362 g/mol. The molecule has 0 aromatic carbocycles. The van der Waals surface area contributed by atoms with Crippen molar-refractivity contribution in [3.8, 4) is 0 Å². The molecule has 0 unspecified atom stereocenters. The molecule has 0 atom stereocenters. The van der Waals surface area contributed by atoms with Gasteiger partial charge in [-0.3, -0.25) is 0 Å². The smallest absolute Gasteiger partial charge is 0.185 e. The maximum atomic E-state index is 5.74. The van der Waals surface area contributed by atoms with Crippen LogP contribution in [-0.2, 0) is 41.7 Å². The zero-order valence-electron chi connectivity index (χ0n) is 13.9. The van der Waals surface area contributed by atoms with Crippen LogP contribution < -0.4 is 0 Å². The Morgan fingerprint density at radius 3 is 1.09 bits per heavy atom. The highest BCUT2D eigenvalue weighted by atomic mass is 32.5. The van der Waals surface area contributed by atoms with Gasteiger partial charge in [-0.25, -0.2) is 0 Å². The maximum absolute atomic E-state index is 5.74. The molecule has 10 heteroatoms. The number of rotatable bonds is 0. The fourth-order valence-corrected chi connectivity index (χ4v) is 4.44. The summed E-state index contributed by atoms with van der Waals surface area (Å²) in [5, 5.41) is 0. The molecule has 0 aromatic heterocycles. The van der Waals surface area contributed by atoms with E-state index in [2.05, 4.69) is 9.80 Å². The molecule has 1 aliphatic heterocycles. The van der Waals surface area contributed by atoms with E-state index in [1.54, 1.807) is 0 Å². The Kier molecular flexibility index (Phi) is 9.73. The Morgan fingerprint density at radius 2 is 0.864 bits per heavy atom. The normalized spacial score (nSPS) is 36.2. The zero-order chi connectivity index (χ0) is 16.6. The van der Waals surface area contributed by atoms with Crippen LogP contribution in [0, 0.1) is 0 Å². The lowest BCUT2D eigenvalue weighted by Gasteiger charge is -2.25. The molecule has 1 fully saturated rings. The molecule has 132 valence electrons. The second-order valence-corrected chi connectivity index (χ2v) is 13.6. The summed E-state index contributed by atoms with van der Waals surface area (Å²) in [5.74, 6) is 0. The molecule has 0 saturated carbocycles. The van der Waals surface area contributed by atoms with Crippen LogP contribution in [-0.4, -0.2) is 89.8 Å². The van der Waals surface area contributed by atoms with E-state index < -0.39 is 13.0 Å². The SMILES string of the molecule is CN1CCOP(C)(=S)OCCN(C)CCOP(C)(=S)OCC1. The van der Waals surface area contributed by atoms with Crippen LogP contribution in [0.5, 0.6) is 0 Å². The third-order valence-electron chi connectivity index (χ3n) is 3.20. The van der Waals surface area contributed by atoms with E-state index in [1.165, 1.54) is 0 Å². The van der Waals surface area contributed by atoms with Gasteiger partial charge in [0.2, 0.25) is 0 Å². The minimum Gasteiger partial charge on any atom is -0.328 e.